The molecule has 23 heavy (non-hydrogen) atoms. The molecular formula is C19H16ClNO2. The lowest BCUT2D eigenvalue weighted by Gasteiger charge is -1.99. The number of carbonyl (C=O) groups is 1. The Morgan fingerprint density at radius 3 is 2.52 bits per heavy atom. The van der Waals surface area contributed by atoms with E-state index >= 15 is 0 Å². The van der Waals surface area contributed by atoms with E-state index in [4.69, 9.17) is 16.3 Å². The zero-order valence-corrected chi connectivity index (χ0v) is 13.7. The molecule has 116 valence electrons. The molecule has 1 aromatic heterocycles. The second-order valence-corrected chi connectivity index (χ2v) is 5.57. The molecule has 0 aliphatic heterocycles. The van der Waals surface area contributed by atoms with Crippen LogP contribution in [-0.4, -0.2) is 17.5 Å². The topological polar surface area (TPSA) is 31.2 Å². The van der Waals surface area contributed by atoms with Crippen LogP contribution in [0.2, 0.25) is 5.15 Å². The number of aryl methyl sites for hydroxylation is 1. The van der Waals surface area contributed by atoms with E-state index in [1.54, 1.807) is 19.3 Å². The van der Waals surface area contributed by atoms with Crippen molar-refractivity contribution in [1.29, 1.82) is 0 Å². The molecule has 3 aromatic rings. The molecule has 0 fully saturated rings. The third kappa shape index (κ3) is 2.88. The summed E-state index contributed by atoms with van der Waals surface area (Å²) < 4.78 is 6.94. The molecule has 0 unspecified atom stereocenters. The quantitative estimate of drug-likeness (QED) is 0.512. The first-order chi connectivity index (χ1) is 11.1. The van der Waals surface area contributed by atoms with Crippen molar-refractivity contribution >= 4 is 34.4 Å². The lowest BCUT2D eigenvalue weighted by Crippen LogP contribution is -1.95. The van der Waals surface area contributed by atoms with Crippen molar-refractivity contribution in [3.8, 4) is 5.75 Å². The van der Waals surface area contributed by atoms with E-state index in [9.17, 15) is 4.79 Å². The molecule has 0 spiro atoms. The number of methoxy groups -OCH3 is 1. The molecule has 3 nitrogen and oxygen atoms in total. The SMILES string of the molecule is COc1ccc(/C=C\C(=O)c2c(Cl)n(C)c3ccccc23)cc1. The summed E-state index contributed by atoms with van der Waals surface area (Å²) in [6.45, 7) is 0. The summed E-state index contributed by atoms with van der Waals surface area (Å²) in [5.74, 6) is 0.674. The summed E-state index contributed by atoms with van der Waals surface area (Å²) in [5, 5.41) is 1.32. The van der Waals surface area contributed by atoms with Gasteiger partial charge in [0, 0.05) is 18.0 Å². The van der Waals surface area contributed by atoms with Gasteiger partial charge in [0.2, 0.25) is 0 Å². The van der Waals surface area contributed by atoms with Gasteiger partial charge in [-0.25, -0.2) is 0 Å². The van der Waals surface area contributed by atoms with Crippen LogP contribution in [0.3, 0.4) is 0 Å². The second-order valence-electron chi connectivity index (χ2n) is 5.21. The first-order valence-corrected chi connectivity index (χ1v) is 7.59. The number of para-hydroxylation sites is 1. The molecule has 0 aliphatic rings. The van der Waals surface area contributed by atoms with E-state index < -0.39 is 0 Å². The van der Waals surface area contributed by atoms with Crippen LogP contribution < -0.4 is 4.74 Å². The van der Waals surface area contributed by atoms with Crippen molar-refractivity contribution in [2.75, 3.05) is 7.11 Å². The number of rotatable bonds is 4. The van der Waals surface area contributed by atoms with Crippen LogP contribution in [0.1, 0.15) is 15.9 Å². The number of hydrogen-bond acceptors (Lipinski definition) is 2. The molecule has 0 N–H and O–H groups in total. The third-order valence-corrected chi connectivity index (χ3v) is 4.27. The molecule has 0 radical (unpaired) electrons. The Balaban J connectivity index is 1.94. The summed E-state index contributed by atoms with van der Waals surface area (Å²) in [5.41, 5.74) is 2.41. The largest absolute Gasteiger partial charge is 0.497 e. The molecule has 0 atom stereocenters. The van der Waals surface area contributed by atoms with Gasteiger partial charge in [-0.15, -0.1) is 0 Å². The number of aromatic nitrogens is 1. The zero-order valence-electron chi connectivity index (χ0n) is 12.9. The number of ketones is 1. The van der Waals surface area contributed by atoms with Crippen molar-refractivity contribution in [3.05, 3.63) is 70.9 Å². The molecule has 4 heteroatoms. The van der Waals surface area contributed by atoms with Gasteiger partial charge in [0.05, 0.1) is 12.7 Å². The number of nitrogens with zero attached hydrogens (tertiary/aromatic N) is 1. The van der Waals surface area contributed by atoms with Gasteiger partial charge in [-0.05, 0) is 29.8 Å². The average molecular weight is 326 g/mol. The van der Waals surface area contributed by atoms with E-state index in [1.807, 2.05) is 60.1 Å². The predicted molar refractivity (Wildman–Crippen MR) is 94.3 cm³/mol. The van der Waals surface area contributed by atoms with Crippen molar-refractivity contribution in [3.63, 3.8) is 0 Å². The molecular weight excluding hydrogens is 310 g/mol. The Hall–Kier alpha value is -2.52. The van der Waals surface area contributed by atoms with Crippen LogP contribution in [0.5, 0.6) is 5.75 Å². The normalized spacial score (nSPS) is 11.3. The van der Waals surface area contributed by atoms with Crippen LogP contribution in [-0.2, 0) is 7.05 Å². The van der Waals surface area contributed by atoms with Gasteiger partial charge in [0.1, 0.15) is 10.9 Å². The molecule has 0 amide bonds. The summed E-state index contributed by atoms with van der Waals surface area (Å²) in [6.07, 6.45) is 3.33. The Kier molecular flexibility index (Phi) is 4.22. The lowest BCUT2D eigenvalue weighted by atomic mass is 10.1. The minimum Gasteiger partial charge on any atom is -0.497 e. The highest BCUT2D eigenvalue weighted by Crippen LogP contribution is 2.29. The van der Waals surface area contributed by atoms with Gasteiger partial charge in [-0.3, -0.25) is 4.79 Å². The van der Waals surface area contributed by atoms with Gasteiger partial charge < -0.3 is 9.30 Å². The van der Waals surface area contributed by atoms with Crippen molar-refractivity contribution in [1.82, 2.24) is 4.57 Å². The van der Waals surface area contributed by atoms with Gasteiger partial charge in [-0.2, -0.15) is 0 Å². The number of benzene rings is 2. The van der Waals surface area contributed by atoms with Gasteiger partial charge in [0.25, 0.3) is 0 Å². The van der Waals surface area contributed by atoms with Crippen LogP contribution >= 0.6 is 11.6 Å². The fourth-order valence-electron chi connectivity index (χ4n) is 2.57. The maximum atomic E-state index is 12.6. The monoisotopic (exact) mass is 325 g/mol. The standard InChI is InChI=1S/C19H16ClNO2/c1-21-16-6-4-3-5-15(16)18(19(21)20)17(22)12-9-13-7-10-14(23-2)11-8-13/h3-12H,1-2H3/b12-9-. The summed E-state index contributed by atoms with van der Waals surface area (Å²) in [4.78, 5) is 12.6. The van der Waals surface area contributed by atoms with Gasteiger partial charge in [0.15, 0.2) is 5.78 Å². The lowest BCUT2D eigenvalue weighted by molar-refractivity contribution is 0.104. The molecule has 0 saturated heterocycles. The van der Waals surface area contributed by atoms with Gasteiger partial charge in [-0.1, -0.05) is 48.0 Å². The number of ether oxygens (including phenoxy) is 1. The Labute approximate surface area is 139 Å². The van der Waals surface area contributed by atoms with Crippen molar-refractivity contribution < 1.29 is 9.53 Å². The van der Waals surface area contributed by atoms with Crippen LogP contribution in [0.25, 0.3) is 17.0 Å². The highest BCUT2D eigenvalue weighted by molar-refractivity contribution is 6.36. The van der Waals surface area contributed by atoms with Crippen molar-refractivity contribution in [2.45, 2.75) is 0 Å². The summed E-state index contributed by atoms with van der Waals surface area (Å²) in [7, 11) is 3.48. The minimum absolute atomic E-state index is 0.109. The molecule has 0 saturated carbocycles. The first kappa shape index (κ1) is 15.4. The minimum atomic E-state index is -0.109. The average Bonchev–Trinajstić information content (AvgIpc) is 2.85. The Morgan fingerprint density at radius 2 is 1.83 bits per heavy atom. The molecule has 3 rings (SSSR count). The number of hydrogen-bond donors (Lipinski definition) is 0. The van der Waals surface area contributed by atoms with Gasteiger partial charge >= 0.3 is 0 Å². The van der Waals surface area contributed by atoms with E-state index in [0.29, 0.717) is 10.7 Å². The maximum Gasteiger partial charge on any atom is 0.189 e. The fourth-order valence-corrected chi connectivity index (χ4v) is 2.85. The second kappa shape index (κ2) is 6.31. The Bertz CT molecular complexity index is 892. The van der Waals surface area contributed by atoms with E-state index in [0.717, 1.165) is 22.2 Å². The highest BCUT2D eigenvalue weighted by Gasteiger charge is 2.17. The summed E-state index contributed by atoms with van der Waals surface area (Å²) in [6, 6.07) is 15.2. The van der Waals surface area contributed by atoms with E-state index in [1.165, 1.54) is 0 Å². The predicted octanol–water partition coefficient (Wildman–Crippen LogP) is 4.74. The Morgan fingerprint density at radius 1 is 1.13 bits per heavy atom. The first-order valence-electron chi connectivity index (χ1n) is 7.21. The zero-order chi connectivity index (χ0) is 16.4. The molecule has 2 aromatic carbocycles. The third-order valence-electron chi connectivity index (χ3n) is 3.82. The highest BCUT2D eigenvalue weighted by atomic mass is 35.5. The van der Waals surface area contributed by atoms with Crippen LogP contribution in [0.15, 0.2) is 54.6 Å². The van der Waals surface area contributed by atoms with Crippen LogP contribution in [0.4, 0.5) is 0 Å². The number of allylic oxidation sites excluding steroid dienone is 1. The maximum absolute atomic E-state index is 12.6. The number of carbonyl (C=O) groups excluding carboxylic acids is 1. The summed E-state index contributed by atoms with van der Waals surface area (Å²) >= 11 is 6.34. The van der Waals surface area contributed by atoms with E-state index in [2.05, 4.69) is 0 Å². The van der Waals surface area contributed by atoms with Crippen LogP contribution in [0, 0.1) is 0 Å². The fraction of sp³-hybridized carbons (Fsp3) is 0.105. The van der Waals surface area contributed by atoms with Crippen molar-refractivity contribution in [2.24, 2.45) is 7.05 Å². The number of fused-ring (bicyclic) bond motifs is 1. The molecule has 0 bridgehead atoms. The molecule has 1 heterocycles. The molecule has 0 aliphatic carbocycles. The smallest absolute Gasteiger partial charge is 0.189 e. The van der Waals surface area contributed by atoms with E-state index in [-0.39, 0.29) is 5.78 Å². The number of halogens is 1.